The number of para-hydroxylation sites is 2. The maximum absolute atomic E-state index is 12.7. The number of piperidine rings is 1. The van der Waals surface area contributed by atoms with Crippen molar-refractivity contribution in [3.05, 3.63) is 154 Å². The minimum atomic E-state index is -0.886. The quantitative estimate of drug-likeness (QED) is 0.0460. The van der Waals surface area contributed by atoms with Crippen molar-refractivity contribution in [1.29, 1.82) is 0 Å². The zero-order valence-corrected chi connectivity index (χ0v) is 35.4. The molecule has 5 aromatic carbocycles. The Hall–Kier alpha value is -5.07. The fourth-order valence-electron chi connectivity index (χ4n) is 8.24. The summed E-state index contributed by atoms with van der Waals surface area (Å²) in [6.07, 6.45) is 5.09. The van der Waals surface area contributed by atoms with Crippen LogP contribution in [0.1, 0.15) is 98.0 Å². The maximum Gasteiger partial charge on any atom is 0.224 e. The second kappa shape index (κ2) is 21.1. The van der Waals surface area contributed by atoms with Crippen molar-refractivity contribution in [3.8, 4) is 11.1 Å². The highest BCUT2D eigenvalue weighted by atomic mass is 35.5. The van der Waals surface area contributed by atoms with Gasteiger partial charge in [-0.3, -0.25) is 9.59 Å². The Labute approximate surface area is 364 Å². The average Bonchev–Trinajstić information content (AvgIpc) is 3.28. The van der Waals surface area contributed by atoms with Crippen molar-refractivity contribution in [2.75, 3.05) is 30.7 Å². The predicted octanol–water partition coefficient (Wildman–Crippen LogP) is 9.21. The molecule has 0 aromatic heterocycles. The smallest absolute Gasteiger partial charge is 0.224 e. The van der Waals surface area contributed by atoms with E-state index in [1.165, 1.54) is 0 Å². The number of nitrogen functional groups attached to an aromatic ring is 1. The van der Waals surface area contributed by atoms with Gasteiger partial charge >= 0.3 is 0 Å². The van der Waals surface area contributed by atoms with Crippen LogP contribution in [0.15, 0.2) is 121 Å². The van der Waals surface area contributed by atoms with E-state index in [-0.39, 0.29) is 30.6 Å². The SMILES string of the molecule is Nc1ccccc1NC(=O)CCCCCCC(=O)NCc1cccc(-c2cccc([C@@H]3O[C@H](CN4CCC(O)(c5ccc(Cl)cc5)CC4)C[C@H](c4ccc(CO)cc4)O3)c2)c1. The summed E-state index contributed by atoms with van der Waals surface area (Å²) in [4.78, 5) is 27.4. The molecule has 0 spiro atoms. The fraction of sp³-hybridized carbons (Fsp3) is 0.360. The van der Waals surface area contributed by atoms with E-state index >= 15 is 0 Å². The first-order valence-electron chi connectivity index (χ1n) is 21.5. The van der Waals surface area contributed by atoms with Gasteiger partial charge < -0.3 is 41.0 Å². The lowest BCUT2D eigenvalue weighted by atomic mass is 9.84. The number of rotatable bonds is 17. The summed E-state index contributed by atoms with van der Waals surface area (Å²) in [5.74, 6) is -0.0479. The van der Waals surface area contributed by atoms with Crippen molar-refractivity contribution in [2.45, 2.75) is 95.0 Å². The van der Waals surface area contributed by atoms with E-state index in [1.54, 1.807) is 12.1 Å². The normalized spacial score (nSPS) is 19.0. The summed E-state index contributed by atoms with van der Waals surface area (Å²) in [6.45, 7) is 2.59. The lowest BCUT2D eigenvalue weighted by Gasteiger charge is -2.42. The Kier molecular flexibility index (Phi) is 15.2. The van der Waals surface area contributed by atoms with E-state index in [4.69, 9.17) is 26.8 Å². The van der Waals surface area contributed by atoms with Gasteiger partial charge in [-0.2, -0.15) is 0 Å². The van der Waals surface area contributed by atoms with Crippen LogP contribution in [0.25, 0.3) is 11.1 Å². The topological polar surface area (TPSA) is 146 Å². The molecule has 2 amide bonds. The van der Waals surface area contributed by atoms with E-state index < -0.39 is 11.9 Å². The van der Waals surface area contributed by atoms with Crippen molar-refractivity contribution < 1.29 is 29.3 Å². The molecule has 61 heavy (non-hydrogen) atoms. The van der Waals surface area contributed by atoms with E-state index in [9.17, 15) is 19.8 Å². The minimum Gasteiger partial charge on any atom is -0.397 e. The predicted molar refractivity (Wildman–Crippen MR) is 240 cm³/mol. The van der Waals surface area contributed by atoms with Crippen LogP contribution in [-0.4, -0.2) is 52.7 Å². The van der Waals surface area contributed by atoms with Gasteiger partial charge in [0.05, 0.1) is 35.8 Å². The number of hydrogen-bond donors (Lipinski definition) is 5. The van der Waals surface area contributed by atoms with Gasteiger partial charge in [-0.25, -0.2) is 0 Å². The number of unbranched alkanes of at least 4 members (excludes halogenated alkanes) is 3. The molecule has 0 saturated carbocycles. The van der Waals surface area contributed by atoms with Crippen LogP contribution >= 0.6 is 11.6 Å². The summed E-state index contributed by atoms with van der Waals surface area (Å²) >= 11 is 6.12. The molecular formula is C50H57ClN4O6. The molecule has 2 heterocycles. The second-order valence-corrected chi connectivity index (χ2v) is 16.8. The van der Waals surface area contributed by atoms with Crippen molar-refractivity contribution in [1.82, 2.24) is 10.2 Å². The first-order valence-corrected chi connectivity index (χ1v) is 21.8. The van der Waals surface area contributed by atoms with Gasteiger partial charge in [-0.1, -0.05) is 109 Å². The highest BCUT2D eigenvalue weighted by molar-refractivity contribution is 6.30. The number of nitrogens with zero attached hydrogens (tertiary/aromatic N) is 1. The number of carbonyl (C=O) groups is 2. The molecule has 0 bridgehead atoms. The van der Waals surface area contributed by atoms with Crippen LogP contribution in [0, 0.1) is 0 Å². The molecular weight excluding hydrogens is 788 g/mol. The van der Waals surface area contributed by atoms with Crippen LogP contribution in [0.2, 0.25) is 5.02 Å². The van der Waals surface area contributed by atoms with Crippen molar-refractivity contribution in [2.24, 2.45) is 0 Å². The minimum absolute atomic E-state index is 0.00759. The Balaban J connectivity index is 0.925. The number of ether oxygens (including phenoxy) is 2. The second-order valence-electron chi connectivity index (χ2n) is 16.3. The molecule has 0 unspecified atom stereocenters. The zero-order valence-electron chi connectivity index (χ0n) is 34.6. The first kappa shape index (κ1) is 44.0. The van der Waals surface area contributed by atoms with E-state index in [2.05, 4.69) is 39.8 Å². The van der Waals surface area contributed by atoms with Crippen LogP contribution in [0.4, 0.5) is 11.4 Å². The molecule has 3 atom stereocenters. The van der Waals surface area contributed by atoms with Gasteiger partial charge in [-0.05, 0) is 95.5 Å². The number of hydrogen-bond acceptors (Lipinski definition) is 8. The van der Waals surface area contributed by atoms with Gasteiger partial charge in [-0.15, -0.1) is 0 Å². The Bertz CT molecular complexity index is 2210. The van der Waals surface area contributed by atoms with Crippen LogP contribution in [0.3, 0.4) is 0 Å². The maximum atomic E-state index is 12.7. The lowest BCUT2D eigenvalue weighted by molar-refractivity contribution is -0.253. The third-order valence-corrected chi connectivity index (χ3v) is 12.1. The molecule has 320 valence electrons. The number of nitrogens with one attached hydrogen (secondary N) is 2. The zero-order chi connectivity index (χ0) is 42.6. The summed E-state index contributed by atoms with van der Waals surface area (Å²) < 4.78 is 13.4. The van der Waals surface area contributed by atoms with Gasteiger partial charge in [0.1, 0.15) is 0 Å². The first-order chi connectivity index (χ1) is 29.6. The van der Waals surface area contributed by atoms with Gasteiger partial charge in [0.25, 0.3) is 0 Å². The van der Waals surface area contributed by atoms with Crippen molar-refractivity contribution in [3.63, 3.8) is 0 Å². The number of nitrogens with two attached hydrogens (primary N) is 1. The highest BCUT2D eigenvalue weighted by Gasteiger charge is 2.37. The molecule has 0 aliphatic carbocycles. The number of aliphatic hydroxyl groups is 2. The fourth-order valence-corrected chi connectivity index (χ4v) is 8.36. The number of aliphatic hydroxyl groups excluding tert-OH is 1. The number of benzene rings is 5. The van der Waals surface area contributed by atoms with E-state index in [0.29, 0.717) is 61.6 Å². The largest absolute Gasteiger partial charge is 0.397 e. The standard InChI is InChI=1S/C50H57ClN4O6/c51-42-23-21-41(22-24-42)50(59)25-27-55(28-26-50)33-43-31-46(37-19-17-35(34-56)18-20-37)61-49(60-43)40-12-8-11-39(30-40)38-10-7-9-36(29-38)32-53-47(57)15-3-1-2-4-16-48(58)54-45-14-6-5-13-44(45)52/h5-14,17-24,29-30,43,46,49,56,59H,1-4,15-16,25-28,31-34,52H2,(H,53,57)(H,54,58)/t43-,46+,49+/m0/s1. The number of carbonyl (C=O) groups excluding carboxylic acids is 2. The van der Waals surface area contributed by atoms with Crippen molar-refractivity contribution >= 4 is 34.8 Å². The summed E-state index contributed by atoms with van der Waals surface area (Å²) in [7, 11) is 0. The molecule has 11 heteroatoms. The molecule has 2 aliphatic heterocycles. The van der Waals surface area contributed by atoms with Crippen LogP contribution in [0.5, 0.6) is 0 Å². The average molecular weight is 845 g/mol. The third kappa shape index (κ3) is 12.3. The summed E-state index contributed by atoms with van der Waals surface area (Å²) in [5, 5.41) is 27.8. The number of halogens is 1. The number of amides is 2. The molecule has 6 N–H and O–H groups in total. The Morgan fingerprint density at radius 3 is 2.16 bits per heavy atom. The molecule has 2 saturated heterocycles. The van der Waals surface area contributed by atoms with E-state index in [1.807, 2.05) is 84.9 Å². The van der Waals surface area contributed by atoms with E-state index in [0.717, 1.165) is 77.7 Å². The molecule has 0 radical (unpaired) electrons. The van der Waals surface area contributed by atoms with Gasteiger partial charge in [0, 0.05) is 56.0 Å². The number of anilines is 2. The lowest BCUT2D eigenvalue weighted by Crippen LogP contribution is -2.46. The number of likely N-dealkylation sites (tertiary alicyclic amines) is 1. The van der Waals surface area contributed by atoms with Gasteiger partial charge in [0.2, 0.25) is 11.8 Å². The summed E-state index contributed by atoms with van der Waals surface area (Å²) in [6, 6.07) is 39.1. The molecule has 5 aromatic rings. The van der Waals surface area contributed by atoms with Gasteiger partial charge in [0.15, 0.2) is 6.29 Å². The molecule has 10 nitrogen and oxygen atoms in total. The Morgan fingerprint density at radius 1 is 0.754 bits per heavy atom. The molecule has 2 fully saturated rings. The molecule has 2 aliphatic rings. The van der Waals surface area contributed by atoms with Crippen LogP contribution in [-0.2, 0) is 37.8 Å². The monoisotopic (exact) mass is 844 g/mol. The summed E-state index contributed by atoms with van der Waals surface area (Å²) in [5.41, 5.74) is 12.9. The third-order valence-electron chi connectivity index (χ3n) is 11.8. The van der Waals surface area contributed by atoms with Crippen LogP contribution < -0.4 is 16.4 Å². The molecule has 7 rings (SSSR count). The Morgan fingerprint density at radius 2 is 1.44 bits per heavy atom. The highest BCUT2D eigenvalue weighted by Crippen LogP contribution is 2.40.